The van der Waals surface area contributed by atoms with Gasteiger partial charge >= 0.3 is 0 Å². The van der Waals surface area contributed by atoms with Gasteiger partial charge in [0.05, 0.1) is 19.0 Å². The largest absolute Gasteiger partial charge is 0.356 e. The molecule has 4 N–H and O–H groups in total. The first-order valence-corrected chi connectivity index (χ1v) is 8.03. The topological polar surface area (TPSA) is 105 Å². The predicted octanol–water partition coefficient (Wildman–Crippen LogP) is 0.0265. The van der Waals surface area contributed by atoms with Gasteiger partial charge in [0, 0.05) is 19.1 Å². The molecule has 0 bridgehead atoms. The van der Waals surface area contributed by atoms with Gasteiger partial charge in [-0.2, -0.15) is 0 Å². The van der Waals surface area contributed by atoms with Gasteiger partial charge in [-0.15, -0.1) is 12.4 Å². The summed E-state index contributed by atoms with van der Waals surface area (Å²) in [5.41, 5.74) is 5.19. The second kappa shape index (κ2) is 11.2. The highest BCUT2D eigenvalue weighted by molar-refractivity contribution is 5.86. The molecule has 0 aliphatic carbocycles. The van der Waals surface area contributed by atoms with Gasteiger partial charge in [0.25, 0.3) is 0 Å². The minimum atomic E-state index is -0.355. The maximum Gasteiger partial charge on any atom is 0.242 e. The summed E-state index contributed by atoms with van der Waals surface area (Å²) in [5.74, 6) is -0.668. The Morgan fingerprint density at radius 2 is 1.91 bits per heavy atom. The normalized spacial score (nSPS) is 20.4. The van der Waals surface area contributed by atoms with E-state index in [0.717, 1.165) is 25.7 Å². The van der Waals surface area contributed by atoms with E-state index in [9.17, 15) is 14.4 Å². The molecule has 3 amide bonds. The third-order valence-corrected chi connectivity index (χ3v) is 4.02. The molecule has 1 rings (SSSR count). The molecule has 134 valence electrons. The number of carbonyl (C=O) groups excluding carboxylic acids is 3. The number of halogens is 1. The molecule has 0 saturated carbocycles. The van der Waals surface area contributed by atoms with Crippen LogP contribution in [0.3, 0.4) is 0 Å². The van der Waals surface area contributed by atoms with Crippen molar-refractivity contribution in [3.05, 3.63) is 0 Å². The minimum Gasteiger partial charge on any atom is -0.356 e. The molecule has 1 heterocycles. The fourth-order valence-corrected chi connectivity index (χ4v) is 2.55. The van der Waals surface area contributed by atoms with E-state index >= 15 is 0 Å². The lowest BCUT2D eigenvalue weighted by atomic mass is 9.92. The second-order valence-corrected chi connectivity index (χ2v) is 5.79. The Morgan fingerprint density at radius 1 is 1.22 bits per heavy atom. The molecule has 2 atom stereocenters. The number of hydrogen-bond donors (Lipinski definition) is 3. The van der Waals surface area contributed by atoms with Crippen molar-refractivity contribution in [2.75, 3.05) is 26.2 Å². The van der Waals surface area contributed by atoms with Gasteiger partial charge in [0.2, 0.25) is 17.7 Å². The standard InChI is InChI=1S/C15H28N4O3.ClH/c1-3-4-7-17-15(22)12-6-5-11(2)19(10-12)14(21)9-18-13(20)8-16;/h11-12H,3-10,16H2,1-2H3,(H,17,22)(H,18,20);1H. The predicted molar refractivity (Wildman–Crippen MR) is 91.1 cm³/mol. The van der Waals surface area contributed by atoms with Crippen molar-refractivity contribution in [3.63, 3.8) is 0 Å². The Bertz CT molecular complexity index is 406. The van der Waals surface area contributed by atoms with Gasteiger partial charge in [0.15, 0.2) is 0 Å². The van der Waals surface area contributed by atoms with Gasteiger partial charge < -0.3 is 21.3 Å². The van der Waals surface area contributed by atoms with E-state index in [-0.39, 0.29) is 55.2 Å². The highest BCUT2D eigenvalue weighted by Crippen LogP contribution is 2.22. The van der Waals surface area contributed by atoms with Crippen LogP contribution in [0.15, 0.2) is 0 Å². The summed E-state index contributed by atoms with van der Waals surface area (Å²) in [6, 6.07) is 0.0852. The molecule has 1 aliphatic heterocycles. The fraction of sp³-hybridized carbons (Fsp3) is 0.800. The number of nitrogens with two attached hydrogens (primary N) is 1. The highest BCUT2D eigenvalue weighted by Gasteiger charge is 2.32. The van der Waals surface area contributed by atoms with Crippen molar-refractivity contribution >= 4 is 30.1 Å². The summed E-state index contributed by atoms with van der Waals surface area (Å²) in [6.45, 7) is 4.94. The molecule has 0 spiro atoms. The van der Waals surface area contributed by atoms with E-state index in [1.165, 1.54) is 0 Å². The number of carbonyl (C=O) groups is 3. The van der Waals surface area contributed by atoms with Crippen LogP contribution < -0.4 is 16.4 Å². The van der Waals surface area contributed by atoms with Crippen molar-refractivity contribution in [1.82, 2.24) is 15.5 Å². The van der Waals surface area contributed by atoms with E-state index < -0.39 is 0 Å². The number of amides is 3. The number of nitrogens with zero attached hydrogens (tertiary/aromatic N) is 1. The number of likely N-dealkylation sites (tertiary alicyclic amines) is 1. The first-order valence-electron chi connectivity index (χ1n) is 8.03. The Balaban J connectivity index is 0.00000484. The van der Waals surface area contributed by atoms with Gasteiger partial charge in [-0.05, 0) is 26.2 Å². The third-order valence-electron chi connectivity index (χ3n) is 4.02. The van der Waals surface area contributed by atoms with Crippen molar-refractivity contribution < 1.29 is 14.4 Å². The van der Waals surface area contributed by atoms with Crippen LogP contribution >= 0.6 is 12.4 Å². The Kier molecular flexibility index (Phi) is 10.6. The van der Waals surface area contributed by atoms with Gasteiger partial charge in [-0.25, -0.2) is 0 Å². The molecule has 2 unspecified atom stereocenters. The average molecular weight is 349 g/mol. The number of piperidine rings is 1. The molecular weight excluding hydrogens is 320 g/mol. The molecule has 8 heteroatoms. The van der Waals surface area contributed by atoms with Crippen molar-refractivity contribution in [2.24, 2.45) is 11.7 Å². The lowest BCUT2D eigenvalue weighted by Crippen LogP contribution is -2.52. The van der Waals surface area contributed by atoms with Gasteiger partial charge in [0.1, 0.15) is 0 Å². The lowest BCUT2D eigenvalue weighted by Gasteiger charge is -2.37. The molecule has 0 aromatic heterocycles. The van der Waals surface area contributed by atoms with Crippen LogP contribution in [-0.2, 0) is 14.4 Å². The van der Waals surface area contributed by atoms with Crippen molar-refractivity contribution in [1.29, 1.82) is 0 Å². The van der Waals surface area contributed by atoms with Crippen LogP contribution in [0.25, 0.3) is 0 Å². The number of hydrogen-bond acceptors (Lipinski definition) is 4. The first-order chi connectivity index (χ1) is 10.5. The van der Waals surface area contributed by atoms with E-state index in [0.29, 0.717) is 13.1 Å². The first kappa shape index (κ1) is 21.7. The average Bonchev–Trinajstić information content (AvgIpc) is 2.52. The summed E-state index contributed by atoms with van der Waals surface area (Å²) < 4.78 is 0. The zero-order valence-corrected chi connectivity index (χ0v) is 14.8. The molecule has 1 fully saturated rings. The number of nitrogens with one attached hydrogen (secondary N) is 2. The molecule has 0 aromatic carbocycles. The Hall–Kier alpha value is -1.34. The zero-order chi connectivity index (χ0) is 16.5. The quantitative estimate of drug-likeness (QED) is 0.564. The maximum atomic E-state index is 12.2. The fourth-order valence-electron chi connectivity index (χ4n) is 2.55. The maximum absolute atomic E-state index is 12.2. The number of unbranched alkanes of at least 4 members (excludes halogenated alkanes) is 1. The van der Waals surface area contributed by atoms with Crippen LogP contribution in [0, 0.1) is 5.92 Å². The van der Waals surface area contributed by atoms with Gasteiger partial charge in [-0.3, -0.25) is 14.4 Å². The monoisotopic (exact) mass is 348 g/mol. The molecule has 1 aliphatic rings. The summed E-state index contributed by atoms with van der Waals surface area (Å²) in [5, 5.41) is 5.40. The summed E-state index contributed by atoms with van der Waals surface area (Å²) in [7, 11) is 0. The highest BCUT2D eigenvalue weighted by atomic mass is 35.5. The van der Waals surface area contributed by atoms with Gasteiger partial charge in [-0.1, -0.05) is 13.3 Å². The molecule has 0 radical (unpaired) electrons. The molecule has 0 aromatic rings. The third kappa shape index (κ3) is 7.18. The van der Waals surface area contributed by atoms with E-state index in [1.807, 2.05) is 6.92 Å². The van der Waals surface area contributed by atoms with Crippen LogP contribution in [0.5, 0.6) is 0 Å². The van der Waals surface area contributed by atoms with E-state index in [1.54, 1.807) is 4.90 Å². The van der Waals surface area contributed by atoms with Crippen LogP contribution in [0.2, 0.25) is 0 Å². The Morgan fingerprint density at radius 3 is 2.52 bits per heavy atom. The zero-order valence-electron chi connectivity index (χ0n) is 14.0. The minimum absolute atomic E-state index is 0. The molecular formula is C15H29ClN4O3. The van der Waals surface area contributed by atoms with Crippen LogP contribution in [0.4, 0.5) is 0 Å². The molecule has 7 nitrogen and oxygen atoms in total. The summed E-state index contributed by atoms with van der Waals surface area (Å²) in [4.78, 5) is 37.1. The van der Waals surface area contributed by atoms with Crippen LogP contribution in [0.1, 0.15) is 39.5 Å². The second-order valence-electron chi connectivity index (χ2n) is 5.79. The molecule has 23 heavy (non-hydrogen) atoms. The smallest absolute Gasteiger partial charge is 0.242 e. The van der Waals surface area contributed by atoms with Crippen molar-refractivity contribution in [3.8, 4) is 0 Å². The van der Waals surface area contributed by atoms with Crippen molar-refractivity contribution in [2.45, 2.75) is 45.6 Å². The number of rotatable bonds is 7. The summed E-state index contributed by atoms with van der Waals surface area (Å²) >= 11 is 0. The SMILES string of the molecule is CCCCNC(=O)C1CCC(C)N(C(=O)CNC(=O)CN)C1.Cl. The van der Waals surface area contributed by atoms with E-state index in [2.05, 4.69) is 17.6 Å². The van der Waals surface area contributed by atoms with Crippen LogP contribution in [-0.4, -0.2) is 54.8 Å². The Labute approximate surface area is 144 Å². The molecule has 1 saturated heterocycles. The summed E-state index contributed by atoms with van der Waals surface area (Å²) in [6.07, 6.45) is 3.58. The van der Waals surface area contributed by atoms with E-state index in [4.69, 9.17) is 5.73 Å². The lowest BCUT2D eigenvalue weighted by molar-refractivity contribution is -0.139.